The van der Waals surface area contributed by atoms with Crippen LogP contribution in [0.5, 0.6) is 0 Å². The molecule has 0 fully saturated rings. The first-order valence-electron chi connectivity index (χ1n) is 9.42. The molecule has 1 atom stereocenters. The second-order valence-electron chi connectivity index (χ2n) is 6.57. The van der Waals surface area contributed by atoms with Crippen molar-refractivity contribution in [3.05, 3.63) is 0 Å². The molecule has 26 heavy (non-hydrogen) atoms. The number of aliphatic hydroxyl groups is 1. The Hall–Kier alpha value is -1.67. The van der Waals surface area contributed by atoms with E-state index in [0.29, 0.717) is 6.42 Å². The molecular weight excluding hydrogens is 338 g/mol. The molecule has 8 heteroatoms. The van der Waals surface area contributed by atoms with Gasteiger partial charge in [-0.05, 0) is 6.42 Å². The van der Waals surface area contributed by atoms with Gasteiger partial charge in [-0.1, -0.05) is 71.1 Å². The summed E-state index contributed by atoms with van der Waals surface area (Å²) in [5.74, 6) is -2.54. The largest absolute Gasteiger partial charge is 0.480 e. The SMILES string of the molecule is CCCCCCCCCCCCC(O)(CC(N)=O)C(N)=O.NCC(=O)O. The van der Waals surface area contributed by atoms with Crippen molar-refractivity contribution in [2.75, 3.05) is 6.54 Å². The van der Waals surface area contributed by atoms with Gasteiger partial charge in [0.2, 0.25) is 11.8 Å². The summed E-state index contributed by atoms with van der Waals surface area (Å²) in [6.07, 6.45) is 11.5. The maximum Gasteiger partial charge on any atom is 0.317 e. The van der Waals surface area contributed by atoms with Gasteiger partial charge in [0.05, 0.1) is 13.0 Å². The highest BCUT2D eigenvalue weighted by Gasteiger charge is 2.34. The van der Waals surface area contributed by atoms with E-state index in [-0.39, 0.29) is 19.4 Å². The summed E-state index contributed by atoms with van der Waals surface area (Å²) in [4.78, 5) is 31.3. The second-order valence-corrected chi connectivity index (χ2v) is 6.57. The molecule has 2 amide bonds. The molecule has 0 aromatic heterocycles. The molecule has 0 saturated carbocycles. The fraction of sp³-hybridized carbons (Fsp3) is 0.833. The molecule has 0 aromatic rings. The first-order valence-corrected chi connectivity index (χ1v) is 9.42. The van der Waals surface area contributed by atoms with Crippen LogP contribution in [0.15, 0.2) is 0 Å². The van der Waals surface area contributed by atoms with Crippen molar-refractivity contribution in [3.63, 3.8) is 0 Å². The van der Waals surface area contributed by atoms with Crippen LogP contribution in [0, 0.1) is 0 Å². The van der Waals surface area contributed by atoms with Crippen LogP contribution in [0.1, 0.15) is 84.0 Å². The first-order chi connectivity index (χ1) is 12.2. The predicted molar refractivity (Wildman–Crippen MR) is 101 cm³/mol. The maximum absolute atomic E-state index is 11.2. The van der Waals surface area contributed by atoms with Crippen molar-refractivity contribution in [2.24, 2.45) is 17.2 Å². The number of unbranched alkanes of at least 4 members (excludes halogenated alkanes) is 9. The Morgan fingerprint density at radius 2 is 1.23 bits per heavy atom. The quantitative estimate of drug-likeness (QED) is 0.271. The summed E-state index contributed by atoms with van der Waals surface area (Å²) in [6.45, 7) is 1.94. The van der Waals surface area contributed by atoms with E-state index in [4.69, 9.17) is 16.6 Å². The van der Waals surface area contributed by atoms with Crippen molar-refractivity contribution >= 4 is 17.8 Å². The number of carbonyl (C=O) groups excluding carboxylic acids is 2. The highest BCUT2D eigenvalue weighted by atomic mass is 16.4. The lowest BCUT2D eigenvalue weighted by atomic mass is 9.91. The zero-order chi connectivity index (χ0) is 20.4. The topological polar surface area (TPSA) is 170 Å². The van der Waals surface area contributed by atoms with Crippen molar-refractivity contribution in [1.82, 2.24) is 0 Å². The summed E-state index contributed by atoms with van der Waals surface area (Å²) in [5, 5.41) is 17.6. The minimum atomic E-state index is -1.77. The van der Waals surface area contributed by atoms with Crippen molar-refractivity contribution < 1.29 is 24.6 Å². The molecule has 1 unspecified atom stereocenters. The normalized spacial score (nSPS) is 12.6. The molecule has 0 aromatic carbocycles. The van der Waals surface area contributed by atoms with Crippen LogP contribution >= 0.6 is 0 Å². The Labute approximate surface area is 156 Å². The van der Waals surface area contributed by atoms with Crippen LogP contribution in [-0.2, 0) is 14.4 Å². The number of aliphatic carboxylic acids is 1. The second kappa shape index (κ2) is 16.8. The summed E-state index contributed by atoms with van der Waals surface area (Å²) in [7, 11) is 0. The lowest BCUT2D eigenvalue weighted by molar-refractivity contribution is -0.142. The molecule has 0 bridgehead atoms. The van der Waals surface area contributed by atoms with Gasteiger partial charge in [0.15, 0.2) is 5.60 Å². The fourth-order valence-corrected chi connectivity index (χ4v) is 2.49. The van der Waals surface area contributed by atoms with E-state index in [1.165, 1.54) is 44.9 Å². The highest BCUT2D eigenvalue weighted by Crippen LogP contribution is 2.20. The van der Waals surface area contributed by atoms with Crippen molar-refractivity contribution in [2.45, 2.75) is 89.6 Å². The number of carbonyl (C=O) groups is 3. The van der Waals surface area contributed by atoms with Crippen LogP contribution < -0.4 is 17.2 Å². The lowest BCUT2D eigenvalue weighted by Crippen LogP contribution is -2.46. The van der Waals surface area contributed by atoms with E-state index >= 15 is 0 Å². The van der Waals surface area contributed by atoms with Gasteiger partial charge in [0.25, 0.3) is 0 Å². The van der Waals surface area contributed by atoms with Crippen LogP contribution in [0.25, 0.3) is 0 Å². The van der Waals surface area contributed by atoms with Gasteiger partial charge in [-0.2, -0.15) is 0 Å². The number of rotatable bonds is 15. The van der Waals surface area contributed by atoms with Crippen LogP contribution in [0.2, 0.25) is 0 Å². The van der Waals surface area contributed by atoms with Gasteiger partial charge in [0, 0.05) is 0 Å². The van der Waals surface area contributed by atoms with E-state index in [1.807, 2.05) is 0 Å². The zero-order valence-corrected chi connectivity index (χ0v) is 16.0. The summed E-state index contributed by atoms with van der Waals surface area (Å²) in [6, 6.07) is 0. The number of amides is 2. The van der Waals surface area contributed by atoms with Gasteiger partial charge in [-0.3, -0.25) is 14.4 Å². The third-order valence-corrected chi connectivity index (χ3v) is 4.04. The Morgan fingerprint density at radius 3 is 1.54 bits per heavy atom. The Morgan fingerprint density at radius 1 is 0.846 bits per heavy atom. The summed E-state index contributed by atoms with van der Waals surface area (Å²) < 4.78 is 0. The molecule has 0 radical (unpaired) electrons. The molecule has 0 spiro atoms. The molecule has 0 aliphatic heterocycles. The summed E-state index contributed by atoms with van der Waals surface area (Å²) in [5.41, 5.74) is 13.0. The van der Waals surface area contributed by atoms with Crippen molar-refractivity contribution in [1.29, 1.82) is 0 Å². The number of nitrogens with two attached hydrogens (primary N) is 3. The fourth-order valence-electron chi connectivity index (χ4n) is 2.49. The molecule has 0 rings (SSSR count). The predicted octanol–water partition coefficient (Wildman–Crippen LogP) is 1.42. The number of primary amides is 2. The van der Waals surface area contributed by atoms with Gasteiger partial charge in [-0.15, -0.1) is 0 Å². The molecule has 0 aliphatic rings. The van der Waals surface area contributed by atoms with Crippen LogP contribution in [0.4, 0.5) is 0 Å². The Kier molecular flexibility index (Phi) is 17.1. The molecule has 8 N–H and O–H groups in total. The lowest BCUT2D eigenvalue weighted by Gasteiger charge is -2.22. The van der Waals surface area contributed by atoms with Gasteiger partial charge in [-0.25, -0.2) is 0 Å². The van der Waals surface area contributed by atoms with E-state index in [1.54, 1.807) is 0 Å². The third kappa shape index (κ3) is 17.2. The smallest absolute Gasteiger partial charge is 0.317 e. The van der Waals surface area contributed by atoms with Gasteiger partial charge in [0.1, 0.15) is 0 Å². The molecule has 0 saturated heterocycles. The molecule has 0 aliphatic carbocycles. The maximum atomic E-state index is 11.2. The van der Waals surface area contributed by atoms with Gasteiger partial charge < -0.3 is 27.4 Å². The van der Waals surface area contributed by atoms with Crippen LogP contribution in [-0.4, -0.2) is 40.1 Å². The average molecular weight is 376 g/mol. The Balaban J connectivity index is 0. The first kappa shape index (κ1) is 26.6. The molecular formula is C18H37N3O5. The molecule has 154 valence electrons. The zero-order valence-electron chi connectivity index (χ0n) is 16.0. The van der Waals surface area contributed by atoms with E-state index in [9.17, 15) is 19.5 Å². The number of hydrogen-bond acceptors (Lipinski definition) is 5. The minimum absolute atomic E-state index is 0.210. The molecule has 8 nitrogen and oxygen atoms in total. The highest BCUT2D eigenvalue weighted by molar-refractivity contribution is 5.89. The number of hydrogen-bond donors (Lipinski definition) is 5. The van der Waals surface area contributed by atoms with Crippen molar-refractivity contribution in [3.8, 4) is 0 Å². The third-order valence-electron chi connectivity index (χ3n) is 4.04. The van der Waals surface area contributed by atoms with E-state index in [2.05, 4.69) is 12.7 Å². The average Bonchev–Trinajstić information content (AvgIpc) is 2.56. The van der Waals surface area contributed by atoms with E-state index < -0.39 is 23.4 Å². The number of carboxylic acids is 1. The standard InChI is InChI=1S/C16H32N2O3.C2H5NO2/c1-2-3-4-5-6-7-8-9-10-11-12-16(21,15(18)20)13-14(17)19;3-1-2(4)5/h21H,2-13H2,1H3,(H2,17,19)(H2,18,20);1,3H2,(H,4,5). The summed E-state index contributed by atoms with van der Waals surface area (Å²) >= 11 is 0. The van der Waals surface area contributed by atoms with E-state index in [0.717, 1.165) is 12.8 Å². The van der Waals surface area contributed by atoms with Crippen LogP contribution in [0.3, 0.4) is 0 Å². The monoisotopic (exact) mass is 375 g/mol. The minimum Gasteiger partial charge on any atom is -0.480 e. The molecule has 0 heterocycles. The van der Waals surface area contributed by atoms with Gasteiger partial charge >= 0.3 is 5.97 Å². The Bertz CT molecular complexity index is 404. The number of carboxylic acid groups (broad SMARTS) is 1.